The number of halogens is 4. The lowest BCUT2D eigenvalue weighted by atomic mass is 10.2. The molecule has 0 aliphatic carbocycles. The number of carbonyl (C=O) groups is 1. The van der Waals surface area contributed by atoms with Crippen LogP contribution in [0.1, 0.15) is 0 Å². The number of rotatable bonds is 3. The lowest BCUT2D eigenvalue weighted by molar-refractivity contribution is -0.385. The van der Waals surface area contributed by atoms with E-state index in [-0.39, 0.29) is 15.9 Å². The van der Waals surface area contributed by atoms with E-state index in [1.807, 2.05) is 0 Å². The largest absolute Gasteiger partial charge is 0.494 e. The number of nitro benzene ring substituents is 1. The summed E-state index contributed by atoms with van der Waals surface area (Å²) in [6, 6.07) is 1.85. The average Bonchev–Trinajstić information content (AvgIpc) is 2.29. The van der Waals surface area contributed by atoms with Crippen molar-refractivity contribution in [3.05, 3.63) is 26.7 Å². The fourth-order valence-corrected chi connectivity index (χ4v) is 1.67. The molecular formula is C9H6BrF3N2O4. The lowest BCUT2D eigenvalue weighted by Gasteiger charge is -2.13. The van der Waals surface area contributed by atoms with Crippen molar-refractivity contribution in [2.45, 2.75) is 6.18 Å². The van der Waals surface area contributed by atoms with Gasteiger partial charge in [0.25, 0.3) is 5.69 Å². The highest BCUT2D eigenvalue weighted by molar-refractivity contribution is 9.10. The van der Waals surface area contributed by atoms with Crippen LogP contribution in [0.3, 0.4) is 0 Å². The van der Waals surface area contributed by atoms with Crippen LogP contribution in [0.15, 0.2) is 16.6 Å². The number of ether oxygens (including phenoxy) is 1. The van der Waals surface area contributed by atoms with Gasteiger partial charge in [-0.05, 0) is 15.9 Å². The number of amides is 1. The van der Waals surface area contributed by atoms with E-state index in [1.54, 1.807) is 5.32 Å². The zero-order valence-electron chi connectivity index (χ0n) is 9.25. The molecule has 1 N–H and O–H groups in total. The molecule has 0 aromatic heterocycles. The number of alkyl halides is 3. The van der Waals surface area contributed by atoms with Crippen molar-refractivity contribution >= 4 is 33.2 Å². The molecule has 0 atom stereocenters. The van der Waals surface area contributed by atoms with Gasteiger partial charge in [-0.3, -0.25) is 14.9 Å². The van der Waals surface area contributed by atoms with Crippen LogP contribution in [0.25, 0.3) is 0 Å². The SMILES string of the molecule is COc1cc([N+](=O)[O-])cc(Br)c1NC(=O)C(F)(F)F. The summed E-state index contributed by atoms with van der Waals surface area (Å²) in [6.45, 7) is 0. The average molecular weight is 343 g/mol. The molecule has 1 rings (SSSR count). The van der Waals surface area contributed by atoms with E-state index in [0.717, 1.165) is 19.2 Å². The Bertz CT molecular complexity index is 533. The first-order chi connectivity index (χ1) is 8.66. The van der Waals surface area contributed by atoms with Crippen molar-refractivity contribution in [3.8, 4) is 5.75 Å². The van der Waals surface area contributed by atoms with Crippen molar-refractivity contribution < 1.29 is 27.6 Å². The van der Waals surface area contributed by atoms with Crippen LogP contribution >= 0.6 is 15.9 Å². The number of nitro groups is 1. The van der Waals surface area contributed by atoms with E-state index < -0.39 is 22.7 Å². The minimum Gasteiger partial charge on any atom is -0.494 e. The van der Waals surface area contributed by atoms with Gasteiger partial charge in [0.05, 0.1) is 28.3 Å². The molecule has 0 spiro atoms. The smallest absolute Gasteiger partial charge is 0.471 e. The van der Waals surface area contributed by atoms with Gasteiger partial charge < -0.3 is 10.1 Å². The van der Waals surface area contributed by atoms with Crippen molar-refractivity contribution in [1.82, 2.24) is 0 Å². The van der Waals surface area contributed by atoms with Crippen molar-refractivity contribution in [3.63, 3.8) is 0 Å². The Morgan fingerprint density at radius 2 is 2.05 bits per heavy atom. The van der Waals surface area contributed by atoms with Gasteiger partial charge in [0, 0.05) is 6.07 Å². The van der Waals surface area contributed by atoms with Crippen LogP contribution in [0.2, 0.25) is 0 Å². The first kappa shape index (κ1) is 15.2. The van der Waals surface area contributed by atoms with Crippen molar-refractivity contribution in [1.29, 1.82) is 0 Å². The number of benzene rings is 1. The maximum Gasteiger partial charge on any atom is 0.471 e. The van der Waals surface area contributed by atoms with Gasteiger partial charge in [0.2, 0.25) is 0 Å². The summed E-state index contributed by atoms with van der Waals surface area (Å²) in [7, 11) is 1.11. The Kier molecular flexibility index (Phi) is 4.35. The Hall–Kier alpha value is -1.84. The minimum atomic E-state index is -5.08. The van der Waals surface area contributed by atoms with Crippen molar-refractivity contribution in [2.75, 3.05) is 12.4 Å². The number of methoxy groups -OCH3 is 1. The molecule has 1 aromatic rings. The number of hydrogen-bond donors (Lipinski definition) is 1. The Balaban J connectivity index is 3.21. The standard InChI is InChI=1S/C9H6BrF3N2O4/c1-19-6-3-4(15(17)18)2-5(10)7(6)14-8(16)9(11,12)13/h2-3H,1H3,(H,14,16). The first-order valence-electron chi connectivity index (χ1n) is 4.57. The molecule has 0 fully saturated rings. The number of nitrogens with one attached hydrogen (secondary N) is 1. The van der Waals surface area contributed by atoms with E-state index in [0.29, 0.717) is 0 Å². The van der Waals surface area contributed by atoms with Gasteiger partial charge >= 0.3 is 12.1 Å². The van der Waals surface area contributed by atoms with Crippen LogP contribution in [0, 0.1) is 10.1 Å². The maximum atomic E-state index is 12.1. The summed E-state index contributed by atoms with van der Waals surface area (Å²) in [5.74, 6) is -2.47. The molecule has 104 valence electrons. The summed E-state index contributed by atoms with van der Waals surface area (Å²) in [4.78, 5) is 20.7. The molecule has 0 saturated heterocycles. The lowest BCUT2D eigenvalue weighted by Crippen LogP contribution is -2.30. The van der Waals surface area contributed by atoms with Gasteiger partial charge in [-0.25, -0.2) is 0 Å². The Labute approximate surface area is 112 Å². The summed E-state index contributed by atoms with van der Waals surface area (Å²) >= 11 is 2.84. The molecule has 10 heteroatoms. The van der Waals surface area contributed by atoms with E-state index >= 15 is 0 Å². The molecule has 0 aliphatic rings. The topological polar surface area (TPSA) is 81.5 Å². The van der Waals surface area contributed by atoms with Crippen LogP contribution in [-0.4, -0.2) is 24.1 Å². The molecule has 0 radical (unpaired) electrons. The third kappa shape index (κ3) is 3.56. The van der Waals surface area contributed by atoms with Crippen LogP contribution in [-0.2, 0) is 4.79 Å². The predicted molar refractivity (Wildman–Crippen MR) is 62.0 cm³/mol. The number of anilines is 1. The first-order valence-corrected chi connectivity index (χ1v) is 5.36. The highest BCUT2D eigenvalue weighted by atomic mass is 79.9. The van der Waals surface area contributed by atoms with Crippen molar-refractivity contribution in [2.24, 2.45) is 0 Å². The molecule has 6 nitrogen and oxygen atoms in total. The molecule has 0 saturated carbocycles. The molecule has 19 heavy (non-hydrogen) atoms. The van der Waals surface area contributed by atoms with Gasteiger partial charge in [0.1, 0.15) is 5.75 Å². The molecule has 1 amide bonds. The maximum absolute atomic E-state index is 12.1. The highest BCUT2D eigenvalue weighted by Crippen LogP contribution is 2.37. The van der Waals surface area contributed by atoms with E-state index in [4.69, 9.17) is 4.74 Å². The highest BCUT2D eigenvalue weighted by Gasteiger charge is 2.39. The minimum absolute atomic E-state index is 0.101. The molecule has 0 heterocycles. The zero-order valence-corrected chi connectivity index (χ0v) is 10.8. The van der Waals surface area contributed by atoms with E-state index in [1.165, 1.54) is 0 Å². The van der Waals surface area contributed by atoms with Gasteiger partial charge in [-0.2, -0.15) is 13.2 Å². The second kappa shape index (κ2) is 5.43. The number of nitrogens with zero attached hydrogens (tertiary/aromatic N) is 1. The Morgan fingerprint density at radius 1 is 1.47 bits per heavy atom. The molecule has 0 aliphatic heterocycles. The summed E-state index contributed by atoms with van der Waals surface area (Å²) in [5.41, 5.74) is -0.732. The predicted octanol–water partition coefficient (Wildman–Crippen LogP) is 2.87. The summed E-state index contributed by atoms with van der Waals surface area (Å²) in [5, 5.41) is 12.2. The van der Waals surface area contributed by atoms with Gasteiger partial charge in [-0.15, -0.1) is 0 Å². The summed E-state index contributed by atoms with van der Waals surface area (Å²) in [6.07, 6.45) is -5.08. The van der Waals surface area contributed by atoms with Gasteiger partial charge in [-0.1, -0.05) is 0 Å². The zero-order chi connectivity index (χ0) is 14.8. The second-order valence-electron chi connectivity index (χ2n) is 3.21. The quantitative estimate of drug-likeness (QED) is 0.676. The fourth-order valence-electron chi connectivity index (χ4n) is 1.14. The normalized spacial score (nSPS) is 11.0. The van der Waals surface area contributed by atoms with Gasteiger partial charge in [0.15, 0.2) is 0 Å². The third-order valence-corrected chi connectivity index (χ3v) is 2.59. The van der Waals surface area contributed by atoms with Crippen LogP contribution in [0.4, 0.5) is 24.5 Å². The monoisotopic (exact) mass is 342 g/mol. The van der Waals surface area contributed by atoms with E-state index in [2.05, 4.69) is 15.9 Å². The van der Waals surface area contributed by atoms with E-state index in [9.17, 15) is 28.1 Å². The molecular weight excluding hydrogens is 337 g/mol. The fraction of sp³-hybridized carbons (Fsp3) is 0.222. The molecule has 1 aromatic carbocycles. The second-order valence-corrected chi connectivity index (χ2v) is 4.07. The number of carbonyl (C=O) groups excluding carboxylic acids is 1. The third-order valence-electron chi connectivity index (χ3n) is 1.97. The Morgan fingerprint density at radius 3 is 2.47 bits per heavy atom. The molecule has 0 bridgehead atoms. The van der Waals surface area contributed by atoms with Crippen LogP contribution in [0.5, 0.6) is 5.75 Å². The van der Waals surface area contributed by atoms with Crippen LogP contribution < -0.4 is 10.1 Å². The molecule has 0 unspecified atom stereocenters. The number of non-ortho nitro benzene ring substituents is 1. The number of hydrogen-bond acceptors (Lipinski definition) is 4. The summed E-state index contributed by atoms with van der Waals surface area (Å²) < 4.78 is 41.0.